The highest BCUT2D eigenvalue weighted by molar-refractivity contribution is 4.20. The Bertz CT molecular complexity index is 157. The summed E-state index contributed by atoms with van der Waals surface area (Å²) in [5.74, 6) is 0. The van der Waals surface area contributed by atoms with E-state index in [9.17, 15) is 26.9 Å². The van der Waals surface area contributed by atoms with E-state index in [0.717, 1.165) is 7.11 Å². The summed E-state index contributed by atoms with van der Waals surface area (Å²) in [5, 5.41) is 0. The molecule has 0 aliphatic rings. The second-order valence-corrected chi connectivity index (χ2v) is 2.09. The van der Waals surface area contributed by atoms with Crippen molar-refractivity contribution >= 4 is 0 Å². The molecule has 0 aromatic carbocycles. The molecule has 5 nitrogen and oxygen atoms in total. The molecule has 0 aromatic heterocycles. The number of ether oxygens (including phenoxy) is 1. The van der Waals surface area contributed by atoms with Gasteiger partial charge in [0.1, 0.15) is 4.81 Å². The summed E-state index contributed by atoms with van der Waals surface area (Å²) in [4.78, 5) is -3.48. The lowest BCUT2D eigenvalue weighted by Crippen LogP contribution is -2.68. The van der Waals surface area contributed by atoms with Gasteiger partial charge in [0.25, 0.3) is 22.6 Å². The van der Waals surface area contributed by atoms with Crippen LogP contribution in [0, 0.1) is 0 Å². The van der Waals surface area contributed by atoms with E-state index in [2.05, 4.69) is 4.74 Å². The molecule has 0 rings (SSSR count). The largest absolute Gasteiger partial charge is 0.328 e. The molecule has 1 atom stereocenters. The minimum atomic E-state index is -3.48. The van der Waals surface area contributed by atoms with Gasteiger partial charge >= 0.3 is 0 Å². The smallest absolute Gasteiger partial charge is 0.261 e. The Morgan fingerprint density at radius 2 is 1.21 bits per heavy atom. The number of hydrogen-bond donors (Lipinski definition) is 0. The fraction of sp³-hybridized carbons (Fsp3) is 1.00. The minimum Gasteiger partial charge on any atom is -0.328 e. The predicted octanol–water partition coefficient (Wildman–Crippen LogP) is 1.75. The standard InChI is InChI=1S/C3H7F6N4O/c1-3(14-2)13(10(4)5,11(6)7)12(8)9/h3H,1-2H3/q+1. The molecular weight excluding hydrogens is 222 g/mol. The Hall–Kier alpha value is -0.620. The molecule has 11 heteroatoms. The van der Waals surface area contributed by atoms with Crippen LogP contribution < -0.4 is 0 Å². The number of quaternary nitrogens is 1. The molecule has 0 fully saturated rings. The van der Waals surface area contributed by atoms with Gasteiger partial charge in [0.2, 0.25) is 0 Å². The number of nitrogens with zero attached hydrogens (tertiary/aromatic N) is 4. The lowest BCUT2D eigenvalue weighted by atomic mass is 10.6. The number of methoxy groups -OCH3 is 1. The topological polar surface area (TPSA) is 19.0 Å². The second kappa shape index (κ2) is 4.75. The van der Waals surface area contributed by atoms with Crippen LogP contribution in [0.3, 0.4) is 0 Å². The maximum atomic E-state index is 12.0. The van der Waals surface area contributed by atoms with Crippen LogP contribution in [0.5, 0.6) is 0 Å². The highest BCUT2D eigenvalue weighted by atomic mass is 19.4. The molecule has 86 valence electrons. The van der Waals surface area contributed by atoms with E-state index in [-0.39, 0.29) is 0 Å². The van der Waals surface area contributed by atoms with Gasteiger partial charge in [-0.3, -0.25) is 0 Å². The van der Waals surface area contributed by atoms with Crippen molar-refractivity contribution in [1.29, 1.82) is 0 Å². The first-order valence-corrected chi connectivity index (χ1v) is 3.09. The molecule has 0 saturated heterocycles. The Kier molecular flexibility index (Phi) is 4.54. The first-order chi connectivity index (χ1) is 6.31. The van der Waals surface area contributed by atoms with Gasteiger partial charge in [0.15, 0.2) is 0 Å². The Balaban J connectivity index is 5.16. The van der Waals surface area contributed by atoms with Crippen molar-refractivity contribution in [3.63, 3.8) is 0 Å². The Morgan fingerprint density at radius 1 is 0.929 bits per heavy atom. The molecule has 0 aliphatic heterocycles. The third-order valence-electron chi connectivity index (χ3n) is 1.50. The van der Waals surface area contributed by atoms with Gasteiger partial charge in [0.05, 0.1) is 0 Å². The van der Waals surface area contributed by atoms with Crippen LogP contribution in [0.1, 0.15) is 6.92 Å². The van der Waals surface area contributed by atoms with Crippen LogP contribution >= 0.6 is 0 Å². The van der Waals surface area contributed by atoms with Crippen molar-refractivity contribution in [1.82, 2.24) is 16.4 Å². The van der Waals surface area contributed by atoms with Crippen LogP contribution in [0.25, 0.3) is 0 Å². The Labute approximate surface area is 74.3 Å². The molecule has 0 bridgehead atoms. The normalized spacial score (nSPS) is 15.6. The van der Waals surface area contributed by atoms with Crippen molar-refractivity contribution in [2.75, 3.05) is 7.11 Å². The average molecular weight is 229 g/mol. The summed E-state index contributed by atoms with van der Waals surface area (Å²) in [5.41, 5.74) is -7.18. The zero-order valence-electron chi connectivity index (χ0n) is 7.04. The van der Waals surface area contributed by atoms with Gasteiger partial charge in [0, 0.05) is 14.0 Å². The van der Waals surface area contributed by atoms with Crippen molar-refractivity contribution < 1.29 is 36.4 Å². The van der Waals surface area contributed by atoms with E-state index in [0.29, 0.717) is 6.92 Å². The fourth-order valence-electron chi connectivity index (χ4n) is 0.664. The molecule has 1 unspecified atom stereocenters. The summed E-state index contributed by atoms with van der Waals surface area (Å²) < 4.78 is 75.9. The SMILES string of the molecule is COC(C)[N+](N(F)F)(N(F)F)N(F)F. The quantitative estimate of drug-likeness (QED) is 0.235. The zero-order valence-corrected chi connectivity index (χ0v) is 7.04. The minimum absolute atomic E-state index is 0.616. The van der Waals surface area contributed by atoms with Crippen LogP contribution in [0.15, 0.2) is 0 Å². The van der Waals surface area contributed by atoms with Gasteiger partial charge in [-0.15, -0.1) is 0 Å². The summed E-state index contributed by atoms with van der Waals surface area (Å²) >= 11 is 0. The van der Waals surface area contributed by atoms with Gasteiger partial charge < -0.3 is 4.74 Å². The van der Waals surface area contributed by atoms with Crippen LogP contribution in [-0.2, 0) is 4.74 Å². The van der Waals surface area contributed by atoms with Crippen molar-refractivity contribution in [2.45, 2.75) is 13.2 Å². The molecule has 14 heavy (non-hydrogen) atoms. The highest BCUT2D eigenvalue weighted by Gasteiger charge is 2.62. The van der Waals surface area contributed by atoms with Gasteiger partial charge in [-0.2, -0.15) is 0 Å². The molecule has 0 aromatic rings. The molecular formula is C3H7F6N4O+. The lowest BCUT2D eigenvalue weighted by Gasteiger charge is -2.32. The highest BCUT2D eigenvalue weighted by Crippen LogP contribution is 2.29. The molecule has 0 N–H and O–H groups in total. The zero-order chi connectivity index (χ0) is 11.5. The average Bonchev–Trinajstić information content (AvgIpc) is 2.02. The fourth-order valence-corrected chi connectivity index (χ4v) is 0.664. The molecule has 0 heterocycles. The van der Waals surface area contributed by atoms with Gasteiger partial charge in [-0.1, -0.05) is 0 Å². The van der Waals surface area contributed by atoms with Gasteiger partial charge in [-0.05, 0) is 26.9 Å². The van der Waals surface area contributed by atoms with Crippen molar-refractivity contribution in [3.05, 3.63) is 0 Å². The van der Waals surface area contributed by atoms with E-state index in [1.807, 2.05) is 0 Å². The first kappa shape index (κ1) is 13.4. The van der Waals surface area contributed by atoms with Gasteiger partial charge in [-0.25, -0.2) is 0 Å². The van der Waals surface area contributed by atoms with Crippen molar-refractivity contribution in [2.24, 2.45) is 0 Å². The van der Waals surface area contributed by atoms with E-state index in [4.69, 9.17) is 0 Å². The molecule has 0 aliphatic carbocycles. The maximum absolute atomic E-state index is 12.0. The van der Waals surface area contributed by atoms with E-state index in [1.54, 1.807) is 0 Å². The monoisotopic (exact) mass is 229 g/mol. The second-order valence-electron chi connectivity index (χ2n) is 2.09. The van der Waals surface area contributed by atoms with Crippen LogP contribution in [-0.4, -0.2) is 34.5 Å². The van der Waals surface area contributed by atoms with Crippen LogP contribution in [0.4, 0.5) is 26.9 Å². The summed E-state index contributed by atoms with van der Waals surface area (Å²) in [7, 11) is 0.730. The maximum Gasteiger partial charge on any atom is 0.261 e. The number of halogens is 6. The van der Waals surface area contributed by atoms with E-state index >= 15 is 0 Å². The summed E-state index contributed by atoms with van der Waals surface area (Å²) in [6.45, 7) is 0.616. The summed E-state index contributed by atoms with van der Waals surface area (Å²) in [6.07, 6.45) is -2.21. The number of hydrogen-bond acceptors (Lipinski definition) is 4. The lowest BCUT2D eigenvalue weighted by molar-refractivity contribution is -1.32. The van der Waals surface area contributed by atoms with E-state index in [1.165, 1.54) is 0 Å². The van der Waals surface area contributed by atoms with E-state index < -0.39 is 27.4 Å². The molecule has 0 saturated carbocycles. The predicted molar refractivity (Wildman–Crippen MR) is 28.9 cm³/mol. The molecule has 0 spiro atoms. The summed E-state index contributed by atoms with van der Waals surface area (Å²) in [6, 6.07) is 0. The van der Waals surface area contributed by atoms with Crippen LogP contribution in [0.2, 0.25) is 0 Å². The number of rotatable bonds is 5. The van der Waals surface area contributed by atoms with Crippen molar-refractivity contribution in [3.8, 4) is 0 Å². The third-order valence-corrected chi connectivity index (χ3v) is 1.50. The Morgan fingerprint density at radius 3 is 1.29 bits per heavy atom. The molecule has 0 radical (unpaired) electrons. The first-order valence-electron chi connectivity index (χ1n) is 3.09. The molecule has 0 amide bonds. The third kappa shape index (κ3) is 1.90.